The van der Waals surface area contributed by atoms with E-state index >= 15 is 0 Å². The third kappa shape index (κ3) is 5.55. The highest BCUT2D eigenvalue weighted by Gasteiger charge is 2.09. The maximum absolute atomic E-state index is 8.58. The Balaban J connectivity index is 0.000000134. The molecule has 6 N–H and O–H groups in total. The summed E-state index contributed by atoms with van der Waals surface area (Å²) in [5.74, 6) is 0. The summed E-state index contributed by atoms with van der Waals surface area (Å²) in [5.41, 5.74) is 15.9. The first kappa shape index (κ1) is 24.5. The van der Waals surface area contributed by atoms with E-state index < -0.39 is 7.12 Å². The van der Waals surface area contributed by atoms with Crippen LogP contribution in [-0.2, 0) is 0 Å². The quantitative estimate of drug-likeness (QED) is 0.198. The summed E-state index contributed by atoms with van der Waals surface area (Å²) in [6, 6.07) is 18.4. The summed E-state index contributed by atoms with van der Waals surface area (Å²) in [7, 11) is -1.34. The van der Waals surface area contributed by atoms with Crippen LogP contribution in [0.2, 0.25) is 5.15 Å². The first-order valence-electron chi connectivity index (χ1n) is 10.5. The fourth-order valence-corrected chi connectivity index (χ4v) is 3.19. The lowest BCUT2D eigenvalue weighted by Crippen LogP contribution is -2.29. The van der Waals surface area contributed by atoms with Crippen molar-refractivity contribution in [2.24, 2.45) is 0 Å². The van der Waals surface area contributed by atoms with Gasteiger partial charge in [-0.25, -0.2) is 9.97 Å². The Hall–Kier alpha value is -4.59. The number of nitrogens with two attached hydrogens (primary N) is 2. The SMILES string of the molecule is Nc1c(-c2ccccc2)ncn2cnnc12.Nc1c(Cl)ncn2cnnc12.OB(O)c1ccccc1. The zero-order chi connectivity index (χ0) is 25.5. The molecule has 0 amide bonds. The van der Waals surface area contributed by atoms with Crippen molar-refractivity contribution < 1.29 is 10.0 Å². The molecule has 6 aromatic rings. The molecule has 0 bridgehead atoms. The monoisotopic (exact) mass is 502 g/mol. The van der Waals surface area contributed by atoms with Gasteiger partial charge >= 0.3 is 7.12 Å². The van der Waals surface area contributed by atoms with Crippen molar-refractivity contribution in [2.75, 3.05) is 11.5 Å². The Kier molecular flexibility index (Phi) is 7.65. The lowest BCUT2D eigenvalue weighted by atomic mass is 9.81. The van der Waals surface area contributed by atoms with Crippen LogP contribution >= 0.6 is 11.6 Å². The van der Waals surface area contributed by atoms with Crippen LogP contribution < -0.4 is 16.9 Å². The minimum absolute atomic E-state index is 0.255. The van der Waals surface area contributed by atoms with Gasteiger partial charge in [0.25, 0.3) is 0 Å². The van der Waals surface area contributed by atoms with E-state index in [0.29, 0.717) is 28.1 Å². The second-order valence-corrected chi connectivity index (χ2v) is 7.59. The van der Waals surface area contributed by atoms with Crippen molar-refractivity contribution in [3.05, 3.63) is 91.1 Å². The number of fused-ring (bicyclic) bond motifs is 2. The number of nitrogens with zero attached hydrogens (tertiary/aromatic N) is 8. The third-order valence-corrected chi connectivity index (χ3v) is 5.16. The predicted molar refractivity (Wildman–Crippen MR) is 137 cm³/mol. The molecule has 4 heterocycles. The maximum Gasteiger partial charge on any atom is 0.488 e. The summed E-state index contributed by atoms with van der Waals surface area (Å²) in [4.78, 5) is 8.11. The van der Waals surface area contributed by atoms with Crippen molar-refractivity contribution in [1.82, 2.24) is 39.2 Å². The molecule has 0 atom stereocenters. The van der Waals surface area contributed by atoms with Gasteiger partial charge in [-0.15, -0.1) is 20.4 Å². The predicted octanol–water partition coefficient (Wildman–Crippen LogP) is 1.10. The molecule has 0 aliphatic rings. The fraction of sp³-hybridized carbons (Fsp3) is 0. The lowest BCUT2D eigenvalue weighted by Gasteiger charge is -2.04. The highest BCUT2D eigenvalue weighted by Crippen LogP contribution is 2.25. The smallest absolute Gasteiger partial charge is 0.423 e. The van der Waals surface area contributed by atoms with Crippen molar-refractivity contribution >= 4 is 46.9 Å². The maximum atomic E-state index is 8.58. The molecule has 14 heteroatoms. The van der Waals surface area contributed by atoms with Crippen molar-refractivity contribution in [3.63, 3.8) is 0 Å². The van der Waals surface area contributed by atoms with Gasteiger partial charge in [0.05, 0.1) is 5.69 Å². The van der Waals surface area contributed by atoms with Crippen molar-refractivity contribution in [1.29, 1.82) is 0 Å². The van der Waals surface area contributed by atoms with Gasteiger partial charge in [0.15, 0.2) is 16.4 Å². The van der Waals surface area contributed by atoms with Crippen LogP contribution in [0.3, 0.4) is 0 Å². The Morgan fingerprint density at radius 2 is 1.22 bits per heavy atom. The molecule has 0 aliphatic carbocycles. The number of benzene rings is 2. The Bertz CT molecular complexity index is 1560. The van der Waals surface area contributed by atoms with Crippen LogP contribution in [0.5, 0.6) is 0 Å². The number of hydrogen-bond acceptors (Lipinski definition) is 10. The second-order valence-electron chi connectivity index (χ2n) is 7.23. The van der Waals surface area contributed by atoms with E-state index in [0.717, 1.165) is 11.3 Å². The van der Waals surface area contributed by atoms with E-state index in [-0.39, 0.29) is 5.15 Å². The number of anilines is 2. The van der Waals surface area contributed by atoms with Crippen molar-refractivity contribution in [3.8, 4) is 11.3 Å². The average Bonchev–Trinajstić information content (AvgIpc) is 3.59. The van der Waals surface area contributed by atoms with E-state index in [4.69, 9.17) is 33.1 Å². The first-order valence-corrected chi connectivity index (χ1v) is 10.8. The minimum Gasteiger partial charge on any atom is -0.423 e. The minimum atomic E-state index is -1.34. The molecule has 0 saturated carbocycles. The Morgan fingerprint density at radius 1 is 0.694 bits per heavy atom. The third-order valence-electron chi connectivity index (χ3n) is 4.86. The molecule has 0 aliphatic heterocycles. The van der Waals surface area contributed by atoms with Gasteiger partial charge in [-0.05, 0) is 5.46 Å². The summed E-state index contributed by atoms with van der Waals surface area (Å²) < 4.78 is 3.29. The molecule has 2 aromatic carbocycles. The first-order chi connectivity index (χ1) is 17.5. The van der Waals surface area contributed by atoms with Gasteiger partial charge in [-0.1, -0.05) is 72.3 Å². The van der Waals surface area contributed by atoms with Crippen LogP contribution in [0.4, 0.5) is 11.4 Å². The van der Waals surface area contributed by atoms with E-state index in [1.54, 1.807) is 45.7 Å². The fourth-order valence-electron chi connectivity index (χ4n) is 3.06. The average molecular weight is 503 g/mol. The zero-order valence-electron chi connectivity index (χ0n) is 18.7. The molecular weight excluding hydrogens is 483 g/mol. The van der Waals surface area contributed by atoms with E-state index in [1.807, 2.05) is 36.4 Å². The van der Waals surface area contributed by atoms with E-state index in [9.17, 15) is 0 Å². The van der Waals surface area contributed by atoms with Gasteiger partial charge in [0, 0.05) is 5.56 Å². The molecule has 0 saturated heterocycles. The number of hydrogen-bond donors (Lipinski definition) is 4. The number of aromatic nitrogens is 8. The lowest BCUT2D eigenvalue weighted by molar-refractivity contribution is 0.426. The zero-order valence-corrected chi connectivity index (χ0v) is 19.4. The topological polar surface area (TPSA) is 179 Å². The largest absolute Gasteiger partial charge is 0.488 e. The van der Waals surface area contributed by atoms with Gasteiger partial charge < -0.3 is 21.5 Å². The highest BCUT2D eigenvalue weighted by molar-refractivity contribution is 6.58. The number of nitrogen functional groups attached to an aromatic ring is 2. The Labute approximate surface area is 210 Å². The summed E-state index contributed by atoms with van der Waals surface area (Å²) in [6.45, 7) is 0. The number of halogens is 1. The Morgan fingerprint density at radius 3 is 1.78 bits per heavy atom. The van der Waals surface area contributed by atoms with Crippen LogP contribution in [0.15, 0.2) is 86.0 Å². The summed E-state index contributed by atoms with van der Waals surface area (Å²) in [5, 5.41) is 32.5. The van der Waals surface area contributed by atoms with Gasteiger partial charge in [-0.3, -0.25) is 8.80 Å². The van der Waals surface area contributed by atoms with E-state index in [2.05, 4.69) is 30.4 Å². The molecule has 12 nitrogen and oxygen atoms in total. The molecule has 0 fully saturated rings. The normalized spacial score (nSPS) is 10.3. The van der Waals surface area contributed by atoms with Crippen LogP contribution in [0.1, 0.15) is 0 Å². The summed E-state index contributed by atoms with van der Waals surface area (Å²) in [6.07, 6.45) is 6.25. The van der Waals surface area contributed by atoms with E-state index in [1.165, 1.54) is 12.7 Å². The molecule has 0 unspecified atom stereocenters. The van der Waals surface area contributed by atoms with Crippen LogP contribution in [0.25, 0.3) is 22.6 Å². The van der Waals surface area contributed by atoms with Crippen molar-refractivity contribution in [2.45, 2.75) is 0 Å². The second kappa shape index (κ2) is 11.2. The highest BCUT2D eigenvalue weighted by atomic mass is 35.5. The molecule has 0 spiro atoms. The summed E-state index contributed by atoms with van der Waals surface area (Å²) >= 11 is 5.63. The molecular formula is C22H20BClN10O2. The number of rotatable bonds is 2. The molecule has 4 aromatic heterocycles. The molecule has 36 heavy (non-hydrogen) atoms. The molecule has 6 rings (SSSR count). The molecule has 180 valence electrons. The molecule has 0 radical (unpaired) electrons. The van der Waals surface area contributed by atoms with Gasteiger partial charge in [0.1, 0.15) is 36.7 Å². The van der Waals surface area contributed by atoms with Crippen LogP contribution in [0, 0.1) is 0 Å². The van der Waals surface area contributed by atoms with Gasteiger partial charge in [0.2, 0.25) is 0 Å². The standard InChI is InChI=1S/C11H9N5.C6H7BO2.C5H4ClN5/c12-9-10(8-4-2-1-3-5-8)13-6-16-7-14-15-11(9)16;8-7(9)6-4-2-1-3-5-6;6-4-3(7)5-10-9-2-11(5)1-8-4/h1-7H,12H2;1-5,8-9H;1-2H,7H2. The van der Waals surface area contributed by atoms with Crippen LogP contribution in [-0.4, -0.2) is 56.3 Å². The van der Waals surface area contributed by atoms with Gasteiger partial charge in [-0.2, -0.15) is 0 Å².